The number of ether oxygens (including phenoxy) is 1. The van der Waals surface area contributed by atoms with Crippen LogP contribution in [-0.2, 0) is 11.0 Å². The van der Waals surface area contributed by atoms with Crippen LogP contribution in [-0.4, -0.2) is 77.2 Å². The van der Waals surface area contributed by atoms with E-state index in [2.05, 4.69) is 21.7 Å². The normalized spacial score (nSPS) is 20.7. The quantitative estimate of drug-likeness (QED) is 0.824. The van der Waals surface area contributed by atoms with Gasteiger partial charge in [-0.15, -0.1) is 0 Å². The van der Waals surface area contributed by atoms with Crippen LogP contribution < -0.4 is 4.74 Å². The number of rotatable bonds is 4. The number of methoxy groups -OCH3 is 1. The van der Waals surface area contributed by atoms with Gasteiger partial charge in [0.05, 0.1) is 20.2 Å². The summed E-state index contributed by atoms with van der Waals surface area (Å²) in [5.41, 5.74) is 0. The molecule has 1 aromatic carbocycles. The van der Waals surface area contributed by atoms with E-state index in [0.717, 1.165) is 45.1 Å². The van der Waals surface area contributed by atoms with Gasteiger partial charge in [0.1, 0.15) is 10.6 Å². The molecule has 2 aliphatic rings. The van der Waals surface area contributed by atoms with Crippen molar-refractivity contribution in [1.29, 1.82) is 0 Å². The highest BCUT2D eigenvalue weighted by atomic mass is 32.2. The first kappa shape index (κ1) is 17.2. The highest BCUT2D eigenvalue weighted by molar-refractivity contribution is 7.83. The monoisotopic (exact) mass is 350 g/mol. The zero-order valence-electron chi connectivity index (χ0n) is 14.5. The molecule has 1 fully saturated rings. The van der Waals surface area contributed by atoms with Crippen LogP contribution in [0.25, 0.3) is 0 Å². The minimum atomic E-state index is -1.30. The molecule has 1 unspecified atom stereocenters. The number of hydrogen-bond donors (Lipinski definition) is 0. The van der Waals surface area contributed by atoms with E-state index in [0.29, 0.717) is 23.7 Å². The fourth-order valence-electron chi connectivity index (χ4n) is 3.20. The molecule has 0 radical (unpaired) electrons. The summed E-state index contributed by atoms with van der Waals surface area (Å²) in [6.07, 6.45) is 1.11. The molecule has 6 nitrogen and oxygen atoms in total. The fourth-order valence-corrected chi connectivity index (χ4v) is 4.53. The molecule has 0 aliphatic carbocycles. The highest BCUT2D eigenvalue weighted by Crippen LogP contribution is 2.25. The van der Waals surface area contributed by atoms with Gasteiger partial charge in [-0.1, -0.05) is 19.1 Å². The maximum absolute atomic E-state index is 13.1. The second-order valence-electron chi connectivity index (χ2n) is 5.96. The van der Waals surface area contributed by atoms with Crippen LogP contribution in [0.5, 0.6) is 5.75 Å². The molecule has 0 aromatic heterocycles. The molecule has 0 spiro atoms. The molecule has 1 saturated heterocycles. The Bertz CT molecular complexity index is 622. The Balaban J connectivity index is 1.76. The summed E-state index contributed by atoms with van der Waals surface area (Å²) < 4.78 is 20.4. The van der Waals surface area contributed by atoms with Crippen LogP contribution in [0.3, 0.4) is 0 Å². The molecule has 2 aliphatic heterocycles. The molecular formula is C17H26N4O2S. The largest absolute Gasteiger partial charge is 0.495 e. The van der Waals surface area contributed by atoms with E-state index in [1.54, 1.807) is 7.11 Å². The fraction of sp³-hybridized carbons (Fsp3) is 0.588. The average molecular weight is 350 g/mol. The first-order valence-electron chi connectivity index (χ1n) is 8.58. The first-order valence-corrected chi connectivity index (χ1v) is 9.69. The van der Waals surface area contributed by atoms with Crippen molar-refractivity contribution in [2.75, 3.05) is 52.9 Å². The van der Waals surface area contributed by atoms with Gasteiger partial charge in [0.25, 0.3) is 0 Å². The zero-order valence-corrected chi connectivity index (χ0v) is 15.3. The minimum absolute atomic E-state index is 0.662. The molecule has 132 valence electrons. The number of benzene rings is 1. The first-order chi connectivity index (χ1) is 11.7. The zero-order chi connectivity index (χ0) is 16.9. The minimum Gasteiger partial charge on any atom is -0.495 e. The molecule has 2 heterocycles. The molecule has 0 amide bonds. The predicted molar refractivity (Wildman–Crippen MR) is 96.7 cm³/mol. The molecule has 7 heteroatoms. The Morgan fingerprint density at radius 1 is 1.17 bits per heavy atom. The van der Waals surface area contributed by atoms with Crippen LogP contribution in [0.4, 0.5) is 0 Å². The lowest BCUT2D eigenvalue weighted by Gasteiger charge is -2.29. The van der Waals surface area contributed by atoms with Crippen LogP contribution in [0.2, 0.25) is 0 Å². The van der Waals surface area contributed by atoms with E-state index in [1.807, 2.05) is 28.6 Å². The Kier molecular flexibility index (Phi) is 5.73. The van der Waals surface area contributed by atoms with Gasteiger partial charge >= 0.3 is 0 Å². The van der Waals surface area contributed by atoms with Gasteiger partial charge in [-0.2, -0.15) is 0 Å². The second kappa shape index (κ2) is 7.98. The van der Waals surface area contributed by atoms with Gasteiger partial charge in [-0.25, -0.2) is 4.21 Å². The van der Waals surface area contributed by atoms with Gasteiger partial charge in [0.2, 0.25) is 5.96 Å². The van der Waals surface area contributed by atoms with Gasteiger partial charge in [0, 0.05) is 19.6 Å². The average Bonchev–Trinajstić information content (AvgIpc) is 2.99. The Hall–Kier alpha value is -1.60. The number of hydrogen-bond acceptors (Lipinski definition) is 5. The SMILES string of the molecule is CCN1CCCN(C2=NCCN2S(=O)c2ccccc2OC)CC1. The Labute approximate surface area is 146 Å². The van der Waals surface area contributed by atoms with E-state index in [1.165, 1.54) is 0 Å². The summed E-state index contributed by atoms with van der Waals surface area (Å²) in [5, 5.41) is 0. The predicted octanol–water partition coefficient (Wildman–Crippen LogP) is 1.42. The van der Waals surface area contributed by atoms with Crippen LogP contribution in [0, 0.1) is 0 Å². The van der Waals surface area contributed by atoms with Crippen LogP contribution in [0.1, 0.15) is 13.3 Å². The molecule has 3 rings (SSSR count). The Morgan fingerprint density at radius 3 is 2.79 bits per heavy atom. The number of aliphatic imine (C=N–C) groups is 1. The number of likely N-dealkylation sites (N-methyl/N-ethyl adjacent to an activating group) is 1. The molecular weight excluding hydrogens is 324 g/mol. The highest BCUT2D eigenvalue weighted by Gasteiger charge is 2.30. The maximum atomic E-state index is 13.1. The van der Waals surface area contributed by atoms with Crippen molar-refractivity contribution in [3.63, 3.8) is 0 Å². The van der Waals surface area contributed by atoms with Crippen molar-refractivity contribution in [2.24, 2.45) is 4.99 Å². The smallest absolute Gasteiger partial charge is 0.209 e. The van der Waals surface area contributed by atoms with E-state index in [9.17, 15) is 4.21 Å². The van der Waals surface area contributed by atoms with Crippen molar-refractivity contribution in [2.45, 2.75) is 18.2 Å². The summed E-state index contributed by atoms with van der Waals surface area (Å²) in [6, 6.07) is 7.51. The molecule has 1 atom stereocenters. The lowest BCUT2D eigenvalue weighted by atomic mass is 10.3. The number of guanidine groups is 1. The van der Waals surface area contributed by atoms with Crippen molar-refractivity contribution >= 4 is 16.9 Å². The molecule has 0 N–H and O–H groups in total. The molecule has 0 saturated carbocycles. The summed E-state index contributed by atoms with van der Waals surface area (Å²) in [5.74, 6) is 1.53. The topological polar surface area (TPSA) is 48.4 Å². The third-order valence-electron chi connectivity index (χ3n) is 4.56. The lowest BCUT2D eigenvalue weighted by molar-refractivity contribution is 0.299. The number of para-hydroxylation sites is 1. The van der Waals surface area contributed by atoms with Gasteiger partial charge in [-0.05, 0) is 31.6 Å². The van der Waals surface area contributed by atoms with Crippen LogP contribution >= 0.6 is 0 Å². The third-order valence-corrected chi connectivity index (χ3v) is 6.02. The van der Waals surface area contributed by atoms with Crippen molar-refractivity contribution in [3.8, 4) is 5.75 Å². The van der Waals surface area contributed by atoms with Crippen molar-refractivity contribution in [3.05, 3.63) is 24.3 Å². The number of nitrogens with zero attached hydrogens (tertiary/aromatic N) is 4. The summed E-state index contributed by atoms with van der Waals surface area (Å²) >= 11 is 0. The molecule has 0 bridgehead atoms. The van der Waals surface area contributed by atoms with Crippen molar-refractivity contribution < 1.29 is 8.95 Å². The lowest BCUT2D eigenvalue weighted by Crippen LogP contribution is -2.44. The van der Waals surface area contributed by atoms with Gasteiger partial charge < -0.3 is 14.5 Å². The second-order valence-corrected chi connectivity index (χ2v) is 7.34. The maximum Gasteiger partial charge on any atom is 0.209 e. The summed E-state index contributed by atoms with van der Waals surface area (Å²) in [6.45, 7) is 8.73. The Morgan fingerprint density at radius 2 is 2.00 bits per heavy atom. The van der Waals surface area contributed by atoms with Crippen molar-refractivity contribution in [1.82, 2.24) is 14.1 Å². The van der Waals surface area contributed by atoms with Gasteiger partial charge in [-0.3, -0.25) is 9.30 Å². The summed E-state index contributed by atoms with van der Waals surface area (Å²) in [4.78, 5) is 10.1. The van der Waals surface area contributed by atoms with E-state index >= 15 is 0 Å². The standard InChI is InChI=1S/C17H26N4O2S/c1-3-19-10-6-11-20(14-13-19)17-18-9-12-21(17)24(22)16-8-5-4-7-15(16)23-2/h4-5,7-8H,3,6,9-14H2,1-2H3. The van der Waals surface area contributed by atoms with E-state index < -0.39 is 11.0 Å². The summed E-state index contributed by atoms with van der Waals surface area (Å²) in [7, 11) is 0.318. The molecule has 24 heavy (non-hydrogen) atoms. The van der Waals surface area contributed by atoms with E-state index in [4.69, 9.17) is 4.74 Å². The van der Waals surface area contributed by atoms with Gasteiger partial charge in [0.15, 0.2) is 11.0 Å². The van der Waals surface area contributed by atoms with E-state index in [-0.39, 0.29) is 0 Å². The molecule has 1 aromatic rings. The van der Waals surface area contributed by atoms with Crippen LogP contribution in [0.15, 0.2) is 34.2 Å². The third kappa shape index (κ3) is 3.57.